The summed E-state index contributed by atoms with van der Waals surface area (Å²) >= 11 is 0. The molecular weight excluding hydrogens is 637 g/mol. The van der Waals surface area contributed by atoms with Crippen LogP contribution in [0.3, 0.4) is 0 Å². The predicted molar refractivity (Wildman–Crippen MR) is 147 cm³/mol. The molecule has 0 fully saturated rings. The van der Waals surface area contributed by atoms with Gasteiger partial charge in [0.05, 0.1) is 6.95 Å². The van der Waals surface area contributed by atoms with Gasteiger partial charge in [-0.2, -0.15) is 0 Å². The van der Waals surface area contributed by atoms with E-state index >= 15 is 0 Å². The fourth-order valence-corrected chi connectivity index (χ4v) is 5.59. The standard InChI is InChI=1S/C20H18NOSi.C11H8N.Ir/c1-23(2,3)18-12-11-14(16-9-6-7-13-21-16)20-19(18)15-8-4-5-10-17(15)22-20;1-2-6-10(7-3-1)11-8-4-5-9-12-11;/h4-10,12-13H,1-3H3;1-6,8-9H;/q2*-1;/i6D;;. The number of fused-ring (bicyclic) bond motifs is 3. The summed E-state index contributed by atoms with van der Waals surface area (Å²) in [5.74, 6) is 0. The van der Waals surface area contributed by atoms with Crippen LogP contribution in [0.25, 0.3) is 44.5 Å². The van der Waals surface area contributed by atoms with Crippen LogP contribution in [0.2, 0.25) is 19.6 Å². The Morgan fingerprint density at radius 1 is 0.806 bits per heavy atom. The van der Waals surface area contributed by atoms with Crippen LogP contribution in [0, 0.1) is 12.1 Å². The third-order valence-electron chi connectivity index (χ3n) is 5.77. The molecule has 0 aliphatic carbocycles. The Bertz CT molecular complexity index is 1590. The van der Waals surface area contributed by atoms with E-state index in [1.54, 1.807) is 24.5 Å². The second-order valence-corrected chi connectivity index (χ2v) is 14.3. The van der Waals surface area contributed by atoms with Crippen molar-refractivity contribution in [1.29, 1.82) is 0 Å². The molecule has 6 aromatic rings. The number of pyridine rings is 2. The summed E-state index contributed by atoms with van der Waals surface area (Å²) in [6, 6.07) is 34.3. The van der Waals surface area contributed by atoms with Gasteiger partial charge >= 0.3 is 0 Å². The number of furan rings is 1. The predicted octanol–water partition coefficient (Wildman–Crippen LogP) is 7.54. The van der Waals surface area contributed by atoms with Gasteiger partial charge in [-0.3, -0.25) is 0 Å². The van der Waals surface area contributed by atoms with Crippen molar-refractivity contribution in [2.24, 2.45) is 0 Å². The first-order chi connectivity index (χ1) is 17.4. The van der Waals surface area contributed by atoms with E-state index in [9.17, 15) is 0 Å². The van der Waals surface area contributed by atoms with E-state index in [1.807, 2.05) is 60.7 Å². The van der Waals surface area contributed by atoms with Crippen LogP contribution in [0.4, 0.5) is 0 Å². The Hall–Kier alpha value is -3.37. The van der Waals surface area contributed by atoms with Gasteiger partial charge in [0.2, 0.25) is 0 Å². The van der Waals surface area contributed by atoms with Crippen molar-refractivity contribution in [2.45, 2.75) is 19.6 Å². The minimum atomic E-state index is -1.56. The van der Waals surface area contributed by atoms with Crippen LogP contribution in [-0.2, 0) is 20.1 Å². The van der Waals surface area contributed by atoms with Gasteiger partial charge in [-0.15, -0.1) is 53.2 Å². The molecule has 5 heteroatoms. The van der Waals surface area contributed by atoms with Gasteiger partial charge in [-0.1, -0.05) is 73.0 Å². The minimum absolute atomic E-state index is 0. The van der Waals surface area contributed by atoms with Crippen LogP contribution >= 0.6 is 0 Å². The van der Waals surface area contributed by atoms with Gasteiger partial charge in [-0.25, -0.2) is 0 Å². The molecule has 0 aliphatic rings. The molecule has 1 radical (unpaired) electrons. The number of aromatic nitrogens is 2. The van der Waals surface area contributed by atoms with Gasteiger partial charge in [-0.05, 0) is 29.6 Å². The van der Waals surface area contributed by atoms with E-state index in [4.69, 9.17) is 5.79 Å². The molecule has 0 aliphatic heterocycles. The van der Waals surface area contributed by atoms with Crippen molar-refractivity contribution >= 4 is 35.2 Å². The summed E-state index contributed by atoms with van der Waals surface area (Å²) < 4.78 is 14.1. The zero-order valence-electron chi connectivity index (χ0n) is 21.4. The first-order valence-corrected chi connectivity index (χ1v) is 15.1. The molecule has 0 spiro atoms. The Labute approximate surface area is 228 Å². The number of para-hydroxylation sites is 1. The first kappa shape index (κ1) is 24.3. The van der Waals surface area contributed by atoms with E-state index < -0.39 is 8.07 Å². The van der Waals surface area contributed by atoms with Gasteiger partial charge in [0.15, 0.2) is 0 Å². The molecule has 36 heavy (non-hydrogen) atoms. The fourth-order valence-electron chi connectivity index (χ4n) is 4.09. The van der Waals surface area contributed by atoms with Crippen molar-refractivity contribution in [3.8, 4) is 22.5 Å². The first-order valence-electron chi connectivity index (χ1n) is 12.1. The average Bonchev–Trinajstić information content (AvgIpc) is 3.29. The molecule has 181 valence electrons. The summed E-state index contributed by atoms with van der Waals surface area (Å²) in [6.07, 6.45) is 3.45. The minimum Gasteiger partial charge on any atom is -0.501 e. The van der Waals surface area contributed by atoms with Crippen LogP contribution in [-0.4, -0.2) is 18.0 Å². The Morgan fingerprint density at radius 2 is 1.56 bits per heavy atom. The van der Waals surface area contributed by atoms with Crippen LogP contribution < -0.4 is 5.19 Å². The quantitative estimate of drug-likeness (QED) is 0.145. The fraction of sp³-hybridized carbons (Fsp3) is 0.0968. The molecule has 0 saturated carbocycles. The summed E-state index contributed by atoms with van der Waals surface area (Å²) in [7, 11) is -1.56. The van der Waals surface area contributed by atoms with Crippen LogP contribution in [0.1, 0.15) is 1.37 Å². The largest absolute Gasteiger partial charge is 0.501 e. The summed E-state index contributed by atoms with van der Waals surface area (Å²) in [6.45, 7) is 7.00. The molecule has 0 amide bonds. The maximum absolute atomic E-state index is 7.86. The topological polar surface area (TPSA) is 38.9 Å². The van der Waals surface area contributed by atoms with Crippen molar-refractivity contribution in [3.63, 3.8) is 0 Å². The molecule has 3 aromatic carbocycles. The second kappa shape index (κ2) is 11.1. The van der Waals surface area contributed by atoms with Crippen LogP contribution in [0.15, 0.2) is 108 Å². The van der Waals surface area contributed by atoms with E-state index in [1.165, 1.54) is 10.6 Å². The number of hydrogen-bond acceptors (Lipinski definition) is 3. The molecule has 3 aromatic heterocycles. The molecule has 3 nitrogen and oxygen atoms in total. The van der Waals surface area contributed by atoms with E-state index in [-0.39, 0.29) is 20.1 Å². The second-order valence-electron chi connectivity index (χ2n) is 9.26. The normalized spacial score (nSPS) is 11.4. The maximum Gasteiger partial charge on any atom is 0.120 e. The van der Waals surface area contributed by atoms with Gasteiger partial charge < -0.3 is 14.4 Å². The van der Waals surface area contributed by atoms with Crippen molar-refractivity contribution in [2.75, 3.05) is 0 Å². The van der Waals surface area contributed by atoms with E-state index in [2.05, 4.69) is 53.9 Å². The molecule has 0 atom stereocenters. The average molecular weight is 664 g/mol. The van der Waals surface area contributed by atoms with Crippen molar-refractivity contribution < 1.29 is 25.9 Å². The third kappa shape index (κ3) is 5.39. The summed E-state index contributed by atoms with van der Waals surface area (Å²) in [5.41, 5.74) is 5.28. The van der Waals surface area contributed by atoms with Crippen molar-refractivity contribution in [1.82, 2.24) is 9.97 Å². The number of benzene rings is 3. The third-order valence-corrected chi connectivity index (χ3v) is 7.78. The summed E-state index contributed by atoms with van der Waals surface area (Å²) in [4.78, 5) is 8.64. The molecule has 3 heterocycles. The van der Waals surface area contributed by atoms with Crippen molar-refractivity contribution in [3.05, 3.63) is 115 Å². The maximum atomic E-state index is 7.86. The monoisotopic (exact) mass is 664 g/mol. The van der Waals surface area contributed by atoms with Gasteiger partial charge in [0, 0.05) is 46.0 Å². The Kier molecular flexibility index (Phi) is 7.52. The van der Waals surface area contributed by atoms with E-state index in [0.717, 1.165) is 39.1 Å². The SMILES string of the molecule is [2H]c1ccnc(-c2[c-]cc([Si](C)(C)C)c3c2oc2ccccc23)c1.[Ir].[c-]1ccccc1-c1ccccn1. The molecule has 6 rings (SSSR count). The summed E-state index contributed by atoms with van der Waals surface area (Å²) in [5, 5.41) is 3.66. The van der Waals surface area contributed by atoms with Crippen LogP contribution in [0.5, 0.6) is 0 Å². The number of rotatable bonds is 3. The zero-order valence-corrected chi connectivity index (χ0v) is 23.8. The Morgan fingerprint density at radius 3 is 2.28 bits per heavy atom. The molecular formula is C31H26IrN2OSi-2. The molecule has 0 saturated heterocycles. The van der Waals surface area contributed by atoms with E-state index in [0.29, 0.717) is 6.04 Å². The molecule has 0 bridgehead atoms. The molecule has 0 N–H and O–H groups in total. The van der Waals surface area contributed by atoms with Gasteiger partial charge in [0.1, 0.15) is 5.58 Å². The van der Waals surface area contributed by atoms with Gasteiger partial charge in [0.25, 0.3) is 0 Å². The number of nitrogens with zero attached hydrogens (tertiary/aromatic N) is 2. The zero-order chi connectivity index (χ0) is 25.1. The molecule has 0 unspecified atom stereocenters. The Balaban J connectivity index is 0.000000208. The smallest absolute Gasteiger partial charge is 0.120 e. The number of hydrogen-bond donors (Lipinski definition) is 0.